The van der Waals surface area contributed by atoms with Crippen molar-refractivity contribution in [3.63, 3.8) is 0 Å². The molecule has 0 aliphatic heterocycles. The van der Waals surface area contributed by atoms with Gasteiger partial charge in [0.05, 0.1) is 18.0 Å². The molecule has 0 aliphatic rings. The summed E-state index contributed by atoms with van der Waals surface area (Å²) in [6.07, 6.45) is 0. The van der Waals surface area contributed by atoms with Crippen LogP contribution in [0.2, 0.25) is 0 Å². The summed E-state index contributed by atoms with van der Waals surface area (Å²) in [5.74, 6) is -0.913. The molecule has 2 aromatic carbocycles. The number of ether oxygens (including phenoxy) is 1. The van der Waals surface area contributed by atoms with Crippen molar-refractivity contribution in [1.29, 1.82) is 0 Å². The minimum atomic E-state index is -0.514. The summed E-state index contributed by atoms with van der Waals surface area (Å²) in [5.41, 5.74) is 2.91. The number of carbonyl (C=O) groups is 1. The summed E-state index contributed by atoms with van der Waals surface area (Å²) in [6.45, 7) is 1.99. The van der Waals surface area contributed by atoms with Gasteiger partial charge in [0.25, 0.3) is 0 Å². The third-order valence-electron chi connectivity index (χ3n) is 4.19. The van der Waals surface area contributed by atoms with Gasteiger partial charge in [-0.05, 0) is 31.2 Å². The highest BCUT2D eigenvalue weighted by molar-refractivity contribution is 9.10. The monoisotopic (exact) mass is 439 g/mol. The second kappa shape index (κ2) is 7.52. The maximum Gasteiger partial charge on any atom is 0.357 e. The molecule has 0 radical (unpaired) electrons. The van der Waals surface area contributed by atoms with E-state index in [2.05, 4.69) is 26.0 Å². The first-order valence-electron chi connectivity index (χ1n) is 8.65. The number of halogens is 2. The van der Waals surface area contributed by atoms with Gasteiger partial charge in [-0.3, -0.25) is 0 Å². The van der Waals surface area contributed by atoms with Gasteiger partial charge < -0.3 is 4.74 Å². The highest BCUT2D eigenvalue weighted by Crippen LogP contribution is 2.28. The van der Waals surface area contributed by atoms with Crippen LogP contribution in [0.1, 0.15) is 17.4 Å². The summed E-state index contributed by atoms with van der Waals surface area (Å²) in [6, 6.07) is 17.6. The Morgan fingerprint density at radius 2 is 1.93 bits per heavy atom. The molecule has 0 amide bonds. The number of benzene rings is 2. The molecule has 0 unspecified atom stereocenters. The fourth-order valence-corrected chi connectivity index (χ4v) is 3.26. The predicted octanol–water partition coefficient (Wildman–Crippen LogP) is 5.14. The van der Waals surface area contributed by atoms with Gasteiger partial charge in [0.1, 0.15) is 5.82 Å². The molecule has 4 rings (SSSR count). The lowest BCUT2D eigenvalue weighted by atomic mass is 10.1. The Morgan fingerprint density at radius 3 is 2.64 bits per heavy atom. The van der Waals surface area contributed by atoms with Crippen LogP contribution in [-0.4, -0.2) is 27.2 Å². The Morgan fingerprint density at radius 1 is 1.14 bits per heavy atom. The lowest BCUT2D eigenvalue weighted by molar-refractivity contribution is 0.0519. The number of rotatable bonds is 4. The zero-order chi connectivity index (χ0) is 19.7. The summed E-state index contributed by atoms with van der Waals surface area (Å²) in [5, 5.41) is 4.54. The van der Waals surface area contributed by atoms with Gasteiger partial charge in [-0.1, -0.05) is 46.3 Å². The fourth-order valence-electron chi connectivity index (χ4n) is 2.93. The van der Waals surface area contributed by atoms with Gasteiger partial charge in [0, 0.05) is 21.7 Å². The molecule has 2 aromatic heterocycles. The van der Waals surface area contributed by atoms with Crippen LogP contribution in [0.5, 0.6) is 0 Å². The van der Waals surface area contributed by atoms with Crippen molar-refractivity contribution in [3.05, 3.63) is 76.6 Å². The molecule has 0 saturated carbocycles. The third kappa shape index (κ3) is 3.41. The van der Waals surface area contributed by atoms with Crippen molar-refractivity contribution in [2.24, 2.45) is 0 Å². The van der Waals surface area contributed by atoms with Crippen molar-refractivity contribution in [2.45, 2.75) is 6.92 Å². The van der Waals surface area contributed by atoms with Crippen molar-refractivity contribution in [2.75, 3.05) is 6.61 Å². The van der Waals surface area contributed by atoms with Crippen LogP contribution in [0.3, 0.4) is 0 Å². The van der Waals surface area contributed by atoms with Gasteiger partial charge in [-0.15, -0.1) is 0 Å². The number of hydrogen-bond acceptors (Lipinski definition) is 4. The fraction of sp³-hybridized carbons (Fsp3) is 0.0952. The standard InChI is InChI=1S/C21H15BrFN3O2/c1-2-28-21(27)18-11-19(13-6-4-3-5-7-13)26-20(24-18)12-17(25-26)15-9-8-14(22)10-16(15)23/h3-12H,2H2,1H3. The second-order valence-corrected chi connectivity index (χ2v) is 6.95. The smallest absolute Gasteiger partial charge is 0.357 e. The number of esters is 1. The molecule has 5 nitrogen and oxygen atoms in total. The van der Waals surface area contributed by atoms with Gasteiger partial charge in [-0.2, -0.15) is 5.10 Å². The SMILES string of the molecule is CCOC(=O)c1cc(-c2ccccc2)n2nc(-c3ccc(Br)cc3F)cc2n1. The van der Waals surface area contributed by atoms with Gasteiger partial charge in [-0.25, -0.2) is 18.7 Å². The Kier molecular flexibility index (Phi) is 4.92. The Hall–Kier alpha value is -3.06. The molecule has 4 aromatic rings. The highest BCUT2D eigenvalue weighted by Gasteiger charge is 2.18. The first kappa shape index (κ1) is 18.3. The molecule has 0 saturated heterocycles. The average Bonchev–Trinajstić information content (AvgIpc) is 3.11. The average molecular weight is 440 g/mol. The largest absolute Gasteiger partial charge is 0.461 e. The molecule has 0 N–H and O–H groups in total. The second-order valence-electron chi connectivity index (χ2n) is 6.04. The van der Waals surface area contributed by atoms with Gasteiger partial charge in [0.15, 0.2) is 11.3 Å². The minimum Gasteiger partial charge on any atom is -0.461 e. The normalized spacial score (nSPS) is 11.0. The first-order valence-corrected chi connectivity index (χ1v) is 9.45. The maximum absolute atomic E-state index is 14.4. The van der Waals surface area contributed by atoms with E-state index in [0.29, 0.717) is 27.1 Å². The van der Waals surface area contributed by atoms with Gasteiger partial charge in [0.2, 0.25) is 0 Å². The quantitative estimate of drug-likeness (QED) is 0.413. The van der Waals surface area contributed by atoms with Crippen LogP contribution >= 0.6 is 15.9 Å². The number of hydrogen-bond donors (Lipinski definition) is 0. The van der Waals surface area contributed by atoms with E-state index in [4.69, 9.17) is 4.74 Å². The van der Waals surface area contributed by atoms with Crippen LogP contribution in [0, 0.1) is 5.82 Å². The number of aromatic nitrogens is 3. The van der Waals surface area contributed by atoms with Crippen molar-refractivity contribution >= 4 is 27.5 Å². The molecule has 0 spiro atoms. The molecule has 0 bridgehead atoms. The number of carbonyl (C=O) groups excluding carboxylic acids is 1. The van der Waals surface area contributed by atoms with E-state index in [-0.39, 0.29) is 12.3 Å². The van der Waals surface area contributed by atoms with Crippen molar-refractivity contribution in [3.8, 4) is 22.5 Å². The van der Waals surface area contributed by atoms with E-state index in [1.165, 1.54) is 6.07 Å². The van der Waals surface area contributed by atoms with Crippen LogP contribution < -0.4 is 0 Å². The number of nitrogens with zero attached hydrogens (tertiary/aromatic N) is 3. The van der Waals surface area contributed by atoms with Crippen molar-refractivity contribution in [1.82, 2.24) is 14.6 Å². The predicted molar refractivity (Wildman–Crippen MR) is 107 cm³/mol. The Labute approximate surface area is 168 Å². The summed E-state index contributed by atoms with van der Waals surface area (Å²) in [4.78, 5) is 16.6. The van der Waals surface area contributed by atoms with E-state index in [9.17, 15) is 9.18 Å². The van der Waals surface area contributed by atoms with Crippen LogP contribution in [-0.2, 0) is 4.74 Å². The molecule has 0 atom stereocenters. The molecular formula is C21H15BrFN3O2. The van der Waals surface area contributed by atoms with Crippen LogP contribution in [0.15, 0.2) is 65.1 Å². The van der Waals surface area contributed by atoms with E-state index in [0.717, 1.165) is 5.56 Å². The van der Waals surface area contributed by atoms with E-state index in [1.54, 1.807) is 35.7 Å². The Bertz CT molecular complexity index is 1180. The number of fused-ring (bicyclic) bond motifs is 1. The molecule has 7 heteroatoms. The van der Waals surface area contributed by atoms with E-state index >= 15 is 0 Å². The lowest BCUT2D eigenvalue weighted by Gasteiger charge is -2.08. The Balaban J connectivity index is 1.94. The zero-order valence-electron chi connectivity index (χ0n) is 14.9. The summed E-state index contributed by atoms with van der Waals surface area (Å²) in [7, 11) is 0. The van der Waals surface area contributed by atoms with Crippen LogP contribution in [0.25, 0.3) is 28.2 Å². The zero-order valence-corrected chi connectivity index (χ0v) is 16.5. The molecule has 0 fully saturated rings. The van der Waals surface area contributed by atoms with Crippen LogP contribution in [0.4, 0.5) is 4.39 Å². The molecule has 2 heterocycles. The molecular weight excluding hydrogens is 425 g/mol. The van der Waals surface area contributed by atoms with E-state index in [1.807, 2.05) is 30.3 Å². The first-order chi connectivity index (χ1) is 13.6. The van der Waals surface area contributed by atoms with Gasteiger partial charge >= 0.3 is 5.97 Å². The topological polar surface area (TPSA) is 56.5 Å². The molecule has 140 valence electrons. The van der Waals surface area contributed by atoms with E-state index < -0.39 is 11.8 Å². The van der Waals surface area contributed by atoms with Crippen molar-refractivity contribution < 1.29 is 13.9 Å². The third-order valence-corrected chi connectivity index (χ3v) is 4.68. The summed E-state index contributed by atoms with van der Waals surface area (Å²) >= 11 is 3.26. The maximum atomic E-state index is 14.4. The summed E-state index contributed by atoms with van der Waals surface area (Å²) < 4.78 is 21.8. The molecule has 0 aliphatic carbocycles. The minimum absolute atomic E-state index is 0.177. The molecule has 28 heavy (non-hydrogen) atoms. The lowest BCUT2D eigenvalue weighted by Crippen LogP contribution is -2.09. The highest BCUT2D eigenvalue weighted by atomic mass is 79.9.